The summed E-state index contributed by atoms with van der Waals surface area (Å²) < 4.78 is 40.9. The van der Waals surface area contributed by atoms with Gasteiger partial charge < -0.3 is 10.2 Å². The van der Waals surface area contributed by atoms with Gasteiger partial charge in [-0.1, -0.05) is 54.1 Å². The lowest BCUT2D eigenvalue weighted by molar-refractivity contribution is -0.0896. The van der Waals surface area contributed by atoms with Gasteiger partial charge in [0.05, 0.1) is 11.6 Å². The first-order valence-electron chi connectivity index (χ1n) is 7.97. The number of rotatable bonds is 3. The second-order valence-electron chi connectivity index (χ2n) is 6.72. The third-order valence-corrected chi connectivity index (χ3v) is 4.94. The van der Waals surface area contributed by atoms with E-state index in [4.69, 9.17) is 0 Å². The van der Waals surface area contributed by atoms with Crippen LogP contribution in [0.15, 0.2) is 52.5 Å². The van der Waals surface area contributed by atoms with E-state index >= 15 is 0 Å². The van der Waals surface area contributed by atoms with Gasteiger partial charge in [0.2, 0.25) is 0 Å². The molecule has 1 aliphatic heterocycles. The molecule has 1 heterocycles. The van der Waals surface area contributed by atoms with Gasteiger partial charge in [-0.3, -0.25) is 0 Å². The molecule has 25 heavy (non-hydrogen) atoms. The quantitative estimate of drug-likeness (QED) is 0.759. The van der Waals surface area contributed by atoms with Gasteiger partial charge in [-0.2, -0.15) is 13.2 Å². The molecule has 1 aromatic rings. The summed E-state index contributed by atoms with van der Waals surface area (Å²) in [6, 6.07) is 6.18. The predicted molar refractivity (Wildman–Crippen MR) is 93.0 cm³/mol. The average Bonchev–Trinajstić information content (AvgIpc) is 2.78. The maximum atomic E-state index is 13.4. The number of urea groups is 1. The van der Waals surface area contributed by atoms with Crippen molar-refractivity contribution in [3.63, 3.8) is 0 Å². The summed E-state index contributed by atoms with van der Waals surface area (Å²) in [6.07, 6.45) is -0.822. The highest BCUT2D eigenvalue weighted by Crippen LogP contribution is 2.45. The average molecular weight is 415 g/mol. The number of carbonyl (C=O) groups is 1. The lowest BCUT2D eigenvalue weighted by Gasteiger charge is -2.41. The summed E-state index contributed by atoms with van der Waals surface area (Å²) in [4.78, 5) is 14.1. The SMILES string of the molecule is CC(C)CN1C(=O)NC2C=CC(C(F)(F)F)=CC21c1cccc(Br)c1. The zero-order valence-corrected chi connectivity index (χ0v) is 15.4. The Bertz CT molecular complexity index is 757. The fraction of sp³-hybridized carbons (Fsp3) is 0.389. The maximum Gasteiger partial charge on any atom is 0.416 e. The first-order chi connectivity index (χ1) is 11.6. The van der Waals surface area contributed by atoms with Crippen LogP contribution < -0.4 is 5.32 Å². The fourth-order valence-corrected chi connectivity index (χ4v) is 3.84. The monoisotopic (exact) mass is 414 g/mol. The number of fused-ring (bicyclic) bond motifs is 1. The highest BCUT2D eigenvalue weighted by molar-refractivity contribution is 9.10. The Kier molecular flexibility index (Phi) is 4.47. The number of carbonyl (C=O) groups excluding carboxylic acids is 1. The molecule has 2 unspecified atom stereocenters. The van der Waals surface area contributed by atoms with E-state index in [9.17, 15) is 18.0 Å². The van der Waals surface area contributed by atoms with Gasteiger partial charge in [0.1, 0.15) is 5.54 Å². The molecule has 2 atom stereocenters. The number of amides is 2. The van der Waals surface area contributed by atoms with Gasteiger partial charge >= 0.3 is 12.2 Å². The van der Waals surface area contributed by atoms with Crippen LogP contribution in [-0.2, 0) is 5.54 Å². The fourth-order valence-electron chi connectivity index (χ4n) is 3.44. The number of hydrogen-bond donors (Lipinski definition) is 1. The Morgan fingerprint density at radius 1 is 1.36 bits per heavy atom. The topological polar surface area (TPSA) is 32.3 Å². The van der Waals surface area contributed by atoms with E-state index in [1.54, 1.807) is 24.3 Å². The van der Waals surface area contributed by atoms with Crippen LogP contribution in [0, 0.1) is 5.92 Å². The van der Waals surface area contributed by atoms with Crippen LogP contribution in [0.5, 0.6) is 0 Å². The van der Waals surface area contributed by atoms with E-state index in [1.807, 2.05) is 13.8 Å². The molecule has 1 aromatic carbocycles. The second kappa shape index (κ2) is 6.20. The number of benzene rings is 1. The lowest BCUT2D eigenvalue weighted by atomic mass is 9.77. The van der Waals surface area contributed by atoms with Gasteiger partial charge in [0.25, 0.3) is 0 Å². The zero-order chi connectivity index (χ0) is 18.4. The first-order valence-corrected chi connectivity index (χ1v) is 8.76. The van der Waals surface area contributed by atoms with Crippen molar-refractivity contribution in [3.8, 4) is 0 Å². The predicted octanol–water partition coefficient (Wildman–Crippen LogP) is 4.75. The molecule has 1 N–H and O–H groups in total. The molecule has 0 aromatic heterocycles. The Balaban J connectivity index is 2.23. The minimum absolute atomic E-state index is 0.113. The molecule has 134 valence electrons. The number of nitrogens with one attached hydrogen (secondary N) is 1. The van der Waals surface area contributed by atoms with E-state index in [2.05, 4.69) is 21.2 Å². The first kappa shape index (κ1) is 18.0. The van der Waals surface area contributed by atoms with Crippen molar-refractivity contribution < 1.29 is 18.0 Å². The largest absolute Gasteiger partial charge is 0.416 e. The molecule has 1 saturated heterocycles. The molecule has 2 amide bonds. The minimum atomic E-state index is -4.48. The van der Waals surface area contributed by atoms with Crippen molar-refractivity contribution in [3.05, 3.63) is 58.1 Å². The molecule has 7 heteroatoms. The highest BCUT2D eigenvalue weighted by Gasteiger charge is 2.54. The van der Waals surface area contributed by atoms with Gasteiger partial charge in [0.15, 0.2) is 0 Å². The summed E-state index contributed by atoms with van der Waals surface area (Å²) in [5.74, 6) is 0.113. The van der Waals surface area contributed by atoms with Gasteiger partial charge in [-0.05, 0) is 29.7 Å². The lowest BCUT2D eigenvalue weighted by Crippen LogP contribution is -2.49. The molecule has 0 bridgehead atoms. The minimum Gasteiger partial charge on any atom is -0.329 e. The molecule has 1 fully saturated rings. The summed E-state index contributed by atoms with van der Waals surface area (Å²) in [5, 5.41) is 2.81. The zero-order valence-electron chi connectivity index (χ0n) is 13.8. The number of hydrogen-bond acceptors (Lipinski definition) is 1. The van der Waals surface area contributed by atoms with Crippen LogP contribution >= 0.6 is 15.9 Å². The van der Waals surface area contributed by atoms with Crippen molar-refractivity contribution in [1.29, 1.82) is 0 Å². The molecular weight excluding hydrogens is 397 g/mol. The van der Waals surface area contributed by atoms with E-state index in [1.165, 1.54) is 17.1 Å². The van der Waals surface area contributed by atoms with Gasteiger partial charge in [-0.15, -0.1) is 0 Å². The van der Waals surface area contributed by atoms with E-state index in [0.29, 0.717) is 12.1 Å². The Morgan fingerprint density at radius 2 is 2.08 bits per heavy atom. The van der Waals surface area contributed by atoms with Crippen LogP contribution in [0.1, 0.15) is 19.4 Å². The standard InChI is InChI=1S/C18H18BrF3N2O/c1-11(2)10-24-16(25)23-15-7-6-13(18(20,21)22)9-17(15,24)12-4-3-5-14(19)8-12/h3-9,11,15H,10H2,1-2H3,(H,23,25). The number of nitrogens with zero attached hydrogens (tertiary/aromatic N) is 1. The summed E-state index contributed by atoms with van der Waals surface area (Å²) in [7, 11) is 0. The molecule has 0 saturated carbocycles. The molecule has 0 radical (unpaired) electrons. The maximum absolute atomic E-state index is 13.4. The molecule has 3 rings (SSSR count). The summed E-state index contributed by atoms with van der Waals surface area (Å²) >= 11 is 3.38. The van der Waals surface area contributed by atoms with Gasteiger partial charge in [0, 0.05) is 11.0 Å². The second-order valence-corrected chi connectivity index (χ2v) is 7.64. The third kappa shape index (κ3) is 3.10. The number of alkyl halides is 3. The van der Waals surface area contributed by atoms with Crippen molar-refractivity contribution in [2.75, 3.05) is 6.54 Å². The van der Waals surface area contributed by atoms with E-state index in [0.717, 1.165) is 10.5 Å². The molecule has 2 aliphatic rings. The normalized spacial score (nSPS) is 25.9. The van der Waals surface area contributed by atoms with E-state index < -0.39 is 23.3 Å². The van der Waals surface area contributed by atoms with Crippen LogP contribution in [-0.4, -0.2) is 29.7 Å². The van der Waals surface area contributed by atoms with Crippen LogP contribution in [0.3, 0.4) is 0 Å². The van der Waals surface area contributed by atoms with Crippen molar-refractivity contribution >= 4 is 22.0 Å². The number of allylic oxidation sites excluding steroid dienone is 2. The van der Waals surface area contributed by atoms with Crippen molar-refractivity contribution in [1.82, 2.24) is 10.2 Å². The highest BCUT2D eigenvalue weighted by atomic mass is 79.9. The van der Waals surface area contributed by atoms with E-state index in [-0.39, 0.29) is 11.9 Å². The summed E-state index contributed by atoms with van der Waals surface area (Å²) in [5.41, 5.74) is -1.31. The Labute approximate surface area is 152 Å². The number of halogens is 4. The Morgan fingerprint density at radius 3 is 2.68 bits per heavy atom. The van der Waals surface area contributed by atoms with Crippen LogP contribution in [0.25, 0.3) is 0 Å². The smallest absolute Gasteiger partial charge is 0.329 e. The van der Waals surface area contributed by atoms with Crippen molar-refractivity contribution in [2.45, 2.75) is 31.6 Å². The third-order valence-electron chi connectivity index (χ3n) is 4.45. The molecular formula is C18H18BrF3N2O. The molecule has 3 nitrogen and oxygen atoms in total. The molecule has 1 aliphatic carbocycles. The van der Waals surface area contributed by atoms with Crippen LogP contribution in [0.4, 0.5) is 18.0 Å². The molecule has 0 spiro atoms. The Hall–Kier alpha value is -1.76. The summed E-state index contributed by atoms with van der Waals surface area (Å²) in [6.45, 7) is 4.22. The van der Waals surface area contributed by atoms with Crippen LogP contribution in [0.2, 0.25) is 0 Å². The van der Waals surface area contributed by atoms with Crippen molar-refractivity contribution in [2.24, 2.45) is 5.92 Å². The van der Waals surface area contributed by atoms with Gasteiger partial charge in [-0.25, -0.2) is 4.79 Å².